The first-order valence-corrected chi connectivity index (χ1v) is 9.13. The van der Waals surface area contributed by atoms with Gasteiger partial charge in [0.15, 0.2) is 0 Å². The zero-order chi connectivity index (χ0) is 15.5. The maximum atomic E-state index is 5.94. The summed E-state index contributed by atoms with van der Waals surface area (Å²) in [6, 6.07) is 4.81. The molecular formula is C18H31NOS. The lowest BCUT2D eigenvalue weighted by Crippen LogP contribution is -2.45. The van der Waals surface area contributed by atoms with E-state index in [0.29, 0.717) is 17.4 Å². The Morgan fingerprint density at radius 2 is 2.10 bits per heavy atom. The van der Waals surface area contributed by atoms with Gasteiger partial charge in [0.1, 0.15) is 0 Å². The van der Waals surface area contributed by atoms with Gasteiger partial charge < -0.3 is 10.1 Å². The SMILES string of the molecule is CC(C)[C@]1(CCN[C@@H](C)c2cccs2)CCOC(C)(C)C1. The number of nitrogens with one attached hydrogen (secondary N) is 1. The predicted molar refractivity (Wildman–Crippen MR) is 91.9 cm³/mol. The highest BCUT2D eigenvalue weighted by atomic mass is 32.1. The number of hydrogen-bond donors (Lipinski definition) is 1. The Bertz CT molecular complexity index is 426. The van der Waals surface area contributed by atoms with Crippen LogP contribution < -0.4 is 5.32 Å². The highest BCUT2D eigenvalue weighted by Crippen LogP contribution is 2.46. The van der Waals surface area contributed by atoms with Gasteiger partial charge in [-0.15, -0.1) is 11.3 Å². The van der Waals surface area contributed by atoms with Crippen molar-refractivity contribution in [2.75, 3.05) is 13.2 Å². The maximum absolute atomic E-state index is 5.94. The van der Waals surface area contributed by atoms with E-state index in [2.05, 4.69) is 57.4 Å². The second-order valence-electron chi connectivity index (χ2n) is 7.49. The lowest BCUT2D eigenvalue weighted by Gasteiger charge is -2.48. The smallest absolute Gasteiger partial charge is 0.0631 e. The van der Waals surface area contributed by atoms with E-state index in [1.807, 2.05) is 11.3 Å². The second-order valence-corrected chi connectivity index (χ2v) is 8.47. The van der Waals surface area contributed by atoms with E-state index in [1.165, 1.54) is 24.1 Å². The van der Waals surface area contributed by atoms with Crippen molar-refractivity contribution in [1.82, 2.24) is 5.32 Å². The van der Waals surface area contributed by atoms with Crippen molar-refractivity contribution in [3.05, 3.63) is 22.4 Å². The molecule has 0 spiro atoms. The van der Waals surface area contributed by atoms with Gasteiger partial charge in [0.05, 0.1) is 5.60 Å². The molecule has 0 amide bonds. The van der Waals surface area contributed by atoms with Gasteiger partial charge in [0.2, 0.25) is 0 Å². The molecule has 0 aliphatic carbocycles. The van der Waals surface area contributed by atoms with Crippen LogP contribution in [-0.4, -0.2) is 18.8 Å². The van der Waals surface area contributed by atoms with Crippen LogP contribution in [0.15, 0.2) is 17.5 Å². The molecule has 0 bridgehead atoms. The summed E-state index contributed by atoms with van der Waals surface area (Å²) in [6.45, 7) is 13.5. The molecule has 1 fully saturated rings. The molecule has 2 heterocycles. The van der Waals surface area contributed by atoms with Crippen LogP contribution in [-0.2, 0) is 4.74 Å². The van der Waals surface area contributed by atoms with Crippen molar-refractivity contribution in [3.8, 4) is 0 Å². The van der Waals surface area contributed by atoms with Crippen LogP contribution in [0.2, 0.25) is 0 Å². The highest BCUT2D eigenvalue weighted by Gasteiger charge is 2.42. The van der Waals surface area contributed by atoms with E-state index in [9.17, 15) is 0 Å². The third-order valence-corrected chi connectivity index (χ3v) is 6.19. The zero-order valence-corrected chi connectivity index (χ0v) is 15.1. The van der Waals surface area contributed by atoms with E-state index >= 15 is 0 Å². The zero-order valence-electron chi connectivity index (χ0n) is 14.2. The van der Waals surface area contributed by atoms with E-state index < -0.39 is 0 Å². The molecular weight excluding hydrogens is 278 g/mol. The third kappa shape index (κ3) is 4.30. The molecule has 1 aliphatic heterocycles. The molecule has 120 valence electrons. The number of hydrogen-bond acceptors (Lipinski definition) is 3. The van der Waals surface area contributed by atoms with Gasteiger partial charge in [-0.3, -0.25) is 0 Å². The van der Waals surface area contributed by atoms with Gasteiger partial charge in [0.25, 0.3) is 0 Å². The highest BCUT2D eigenvalue weighted by molar-refractivity contribution is 7.10. The third-order valence-electron chi connectivity index (χ3n) is 5.14. The Morgan fingerprint density at radius 3 is 2.67 bits per heavy atom. The molecule has 2 nitrogen and oxygen atoms in total. The van der Waals surface area contributed by atoms with Crippen LogP contribution in [0, 0.1) is 11.3 Å². The molecule has 1 aliphatic rings. The van der Waals surface area contributed by atoms with Gasteiger partial charge in [-0.25, -0.2) is 0 Å². The normalized spacial score (nSPS) is 27.0. The summed E-state index contributed by atoms with van der Waals surface area (Å²) in [5, 5.41) is 5.87. The summed E-state index contributed by atoms with van der Waals surface area (Å²) in [7, 11) is 0. The van der Waals surface area contributed by atoms with Gasteiger partial charge in [-0.1, -0.05) is 19.9 Å². The summed E-state index contributed by atoms with van der Waals surface area (Å²) in [4.78, 5) is 1.43. The molecule has 2 atom stereocenters. The van der Waals surface area contributed by atoms with Crippen molar-refractivity contribution in [3.63, 3.8) is 0 Å². The van der Waals surface area contributed by atoms with Crippen LogP contribution in [0.4, 0.5) is 0 Å². The van der Waals surface area contributed by atoms with Crippen molar-refractivity contribution in [1.29, 1.82) is 0 Å². The van der Waals surface area contributed by atoms with E-state index in [1.54, 1.807) is 0 Å². The Balaban J connectivity index is 1.91. The molecule has 0 unspecified atom stereocenters. The largest absolute Gasteiger partial charge is 0.376 e. The van der Waals surface area contributed by atoms with Crippen LogP contribution in [0.1, 0.15) is 64.8 Å². The molecule has 1 aromatic rings. The molecule has 1 N–H and O–H groups in total. The van der Waals surface area contributed by atoms with E-state index in [4.69, 9.17) is 4.74 Å². The maximum Gasteiger partial charge on any atom is 0.0631 e. The summed E-state index contributed by atoms with van der Waals surface area (Å²) >= 11 is 1.84. The van der Waals surface area contributed by atoms with Gasteiger partial charge in [0, 0.05) is 17.5 Å². The van der Waals surface area contributed by atoms with E-state index in [-0.39, 0.29) is 5.60 Å². The summed E-state index contributed by atoms with van der Waals surface area (Å²) in [6.07, 6.45) is 3.61. The number of ether oxygens (including phenoxy) is 1. The molecule has 1 saturated heterocycles. The number of rotatable bonds is 6. The predicted octanol–water partition coefficient (Wildman–Crippen LogP) is 5.02. The topological polar surface area (TPSA) is 21.3 Å². The van der Waals surface area contributed by atoms with Crippen LogP contribution in [0.5, 0.6) is 0 Å². The molecule has 0 aromatic carbocycles. The van der Waals surface area contributed by atoms with Crippen molar-refractivity contribution >= 4 is 11.3 Å². The van der Waals surface area contributed by atoms with Crippen LogP contribution >= 0.6 is 11.3 Å². The Labute approximate surface area is 134 Å². The first-order valence-electron chi connectivity index (χ1n) is 8.25. The van der Waals surface area contributed by atoms with E-state index in [0.717, 1.165) is 13.2 Å². The average molecular weight is 310 g/mol. The minimum absolute atomic E-state index is 0.0297. The summed E-state index contributed by atoms with van der Waals surface area (Å²) in [5.74, 6) is 0.708. The first-order chi connectivity index (χ1) is 9.85. The average Bonchev–Trinajstić information content (AvgIpc) is 2.91. The van der Waals surface area contributed by atoms with Gasteiger partial charge >= 0.3 is 0 Å². The van der Waals surface area contributed by atoms with Crippen molar-refractivity contribution in [2.24, 2.45) is 11.3 Å². The molecule has 1 aromatic heterocycles. The first kappa shape index (κ1) is 17.0. The quantitative estimate of drug-likeness (QED) is 0.796. The second kappa shape index (κ2) is 6.80. The molecule has 0 saturated carbocycles. The standard InChI is InChI=1S/C18H31NOS/c1-14(2)18(9-11-20-17(4,5)13-18)8-10-19-15(3)16-7-6-12-21-16/h6-7,12,14-15,19H,8-11,13H2,1-5H3/t15-,18+/m0/s1. The lowest BCUT2D eigenvalue weighted by atomic mass is 9.65. The fourth-order valence-corrected chi connectivity index (χ4v) is 4.45. The van der Waals surface area contributed by atoms with Crippen LogP contribution in [0.25, 0.3) is 0 Å². The van der Waals surface area contributed by atoms with Gasteiger partial charge in [-0.05, 0) is 69.4 Å². The number of thiophene rings is 1. The molecule has 3 heteroatoms. The Kier molecular flexibility index (Phi) is 5.50. The summed E-state index contributed by atoms with van der Waals surface area (Å²) in [5.41, 5.74) is 0.450. The van der Waals surface area contributed by atoms with Crippen molar-refractivity contribution in [2.45, 2.75) is 65.5 Å². The van der Waals surface area contributed by atoms with Crippen LogP contribution in [0.3, 0.4) is 0 Å². The minimum atomic E-state index is 0.0297. The lowest BCUT2D eigenvalue weighted by molar-refractivity contribution is -0.121. The molecule has 2 rings (SSSR count). The van der Waals surface area contributed by atoms with Gasteiger partial charge in [-0.2, -0.15) is 0 Å². The summed E-state index contributed by atoms with van der Waals surface area (Å²) < 4.78 is 5.94. The fraction of sp³-hybridized carbons (Fsp3) is 0.778. The monoisotopic (exact) mass is 309 g/mol. The Morgan fingerprint density at radius 1 is 1.33 bits per heavy atom. The molecule has 0 radical (unpaired) electrons. The fourth-order valence-electron chi connectivity index (χ4n) is 3.69. The minimum Gasteiger partial charge on any atom is -0.376 e. The Hall–Kier alpha value is -0.380. The molecule has 21 heavy (non-hydrogen) atoms. The van der Waals surface area contributed by atoms with Crippen molar-refractivity contribution < 1.29 is 4.74 Å².